The number of rotatable bonds is 5. The van der Waals surface area contributed by atoms with Crippen LogP contribution in [0.2, 0.25) is 19.6 Å². The minimum absolute atomic E-state index is 0.154. The molecule has 11 heavy (non-hydrogen) atoms. The number of hydrogen-bond donors (Lipinski definition) is 0. The molecule has 0 spiro atoms. The summed E-state index contributed by atoms with van der Waals surface area (Å²) < 4.78 is 10.7. The van der Waals surface area contributed by atoms with Crippen LogP contribution in [-0.4, -0.2) is 14.6 Å². The van der Waals surface area contributed by atoms with Gasteiger partial charge in [-0.05, 0) is 19.6 Å². The molecule has 3 heteroatoms. The molecular weight excluding hydrogens is 156 g/mol. The number of hydrogen-bond acceptors (Lipinski definition) is 2. The molecule has 1 unspecified atom stereocenters. The standard InChI is InChI=1S/C8H17O2Si/c1-6-8(9-7-2)10-11(3,4)5/h8H,2,6H2,1,3-5H3. The maximum atomic E-state index is 5.64. The molecule has 0 aliphatic carbocycles. The van der Waals surface area contributed by atoms with E-state index in [0.717, 1.165) is 6.42 Å². The zero-order valence-corrected chi connectivity index (χ0v) is 8.81. The fourth-order valence-corrected chi connectivity index (χ4v) is 1.68. The minimum Gasteiger partial charge on any atom is -0.463 e. The van der Waals surface area contributed by atoms with Gasteiger partial charge < -0.3 is 9.16 Å². The fraction of sp³-hybridized carbons (Fsp3) is 0.750. The van der Waals surface area contributed by atoms with E-state index in [2.05, 4.69) is 32.5 Å². The first-order valence-corrected chi connectivity index (χ1v) is 7.26. The summed E-state index contributed by atoms with van der Waals surface area (Å²) >= 11 is 0. The van der Waals surface area contributed by atoms with Gasteiger partial charge in [0.05, 0.1) is 0 Å². The van der Waals surface area contributed by atoms with Gasteiger partial charge in [-0.25, -0.2) is 0 Å². The van der Waals surface area contributed by atoms with E-state index in [1.807, 2.05) is 6.92 Å². The van der Waals surface area contributed by atoms with Crippen LogP contribution in [0.5, 0.6) is 0 Å². The third-order valence-electron chi connectivity index (χ3n) is 1.03. The zero-order chi connectivity index (χ0) is 8.91. The summed E-state index contributed by atoms with van der Waals surface area (Å²) in [6, 6.07) is 0. The van der Waals surface area contributed by atoms with Gasteiger partial charge in [0.1, 0.15) is 0 Å². The average molecular weight is 173 g/mol. The SMILES string of the molecule is C=[C]OC(CC)O[Si](C)(C)C. The van der Waals surface area contributed by atoms with Crippen LogP contribution in [0.3, 0.4) is 0 Å². The molecule has 0 heterocycles. The lowest BCUT2D eigenvalue weighted by atomic mass is 10.5. The molecule has 0 aliphatic heterocycles. The van der Waals surface area contributed by atoms with Crippen LogP contribution in [0.15, 0.2) is 6.58 Å². The first kappa shape index (κ1) is 10.7. The predicted molar refractivity (Wildman–Crippen MR) is 48.5 cm³/mol. The Morgan fingerprint density at radius 2 is 2.00 bits per heavy atom. The molecule has 0 saturated carbocycles. The van der Waals surface area contributed by atoms with Gasteiger partial charge in [-0.2, -0.15) is 0 Å². The highest BCUT2D eigenvalue weighted by Crippen LogP contribution is 2.10. The Morgan fingerprint density at radius 1 is 1.45 bits per heavy atom. The highest BCUT2D eigenvalue weighted by atomic mass is 28.4. The van der Waals surface area contributed by atoms with Crippen LogP contribution in [0.25, 0.3) is 0 Å². The highest BCUT2D eigenvalue weighted by Gasteiger charge is 2.19. The average Bonchev–Trinajstić information content (AvgIpc) is 1.84. The van der Waals surface area contributed by atoms with Crippen LogP contribution in [0, 0.1) is 6.26 Å². The molecule has 0 amide bonds. The van der Waals surface area contributed by atoms with E-state index in [1.165, 1.54) is 0 Å². The summed E-state index contributed by atoms with van der Waals surface area (Å²) in [7, 11) is -1.47. The molecule has 0 saturated heterocycles. The first-order chi connectivity index (χ1) is 4.99. The normalized spacial score (nSPS) is 14.2. The van der Waals surface area contributed by atoms with Crippen LogP contribution < -0.4 is 0 Å². The van der Waals surface area contributed by atoms with E-state index in [1.54, 1.807) is 0 Å². The third-order valence-corrected chi connectivity index (χ3v) is 2.00. The summed E-state index contributed by atoms with van der Waals surface area (Å²) in [5.74, 6) is 0. The largest absolute Gasteiger partial charge is 0.463 e. The van der Waals surface area contributed by atoms with E-state index in [4.69, 9.17) is 9.16 Å². The highest BCUT2D eigenvalue weighted by molar-refractivity contribution is 6.69. The molecule has 2 nitrogen and oxygen atoms in total. The van der Waals surface area contributed by atoms with Gasteiger partial charge >= 0.3 is 0 Å². The van der Waals surface area contributed by atoms with Crippen molar-refractivity contribution in [3.05, 3.63) is 12.8 Å². The van der Waals surface area contributed by atoms with Crippen molar-refractivity contribution in [2.75, 3.05) is 0 Å². The Kier molecular flexibility index (Phi) is 4.45. The molecule has 0 aliphatic rings. The lowest BCUT2D eigenvalue weighted by molar-refractivity contribution is -0.0460. The zero-order valence-electron chi connectivity index (χ0n) is 7.81. The van der Waals surface area contributed by atoms with Crippen LogP contribution in [0.4, 0.5) is 0 Å². The summed E-state index contributed by atoms with van der Waals surface area (Å²) in [4.78, 5) is 0. The van der Waals surface area contributed by atoms with Gasteiger partial charge in [0.25, 0.3) is 0 Å². The van der Waals surface area contributed by atoms with Crippen molar-refractivity contribution in [3.63, 3.8) is 0 Å². The van der Waals surface area contributed by atoms with Gasteiger partial charge in [0.2, 0.25) is 0 Å². The van der Waals surface area contributed by atoms with Gasteiger partial charge in [-0.3, -0.25) is 0 Å². The Balaban J connectivity index is 3.77. The fourth-order valence-electron chi connectivity index (χ4n) is 0.678. The monoisotopic (exact) mass is 173 g/mol. The summed E-state index contributed by atoms with van der Waals surface area (Å²) in [5, 5.41) is 0. The molecule has 1 atom stereocenters. The van der Waals surface area contributed by atoms with Crippen LogP contribution >= 0.6 is 0 Å². The van der Waals surface area contributed by atoms with E-state index in [9.17, 15) is 0 Å². The second-order valence-corrected chi connectivity index (χ2v) is 7.79. The Labute approximate surface area is 70.3 Å². The number of ether oxygens (including phenoxy) is 1. The van der Waals surface area contributed by atoms with Crippen LogP contribution in [0.1, 0.15) is 13.3 Å². The van der Waals surface area contributed by atoms with E-state index >= 15 is 0 Å². The molecule has 0 bridgehead atoms. The van der Waals surface area contributed by atoms with E-state index in [0.29, 0.717) is 0 Å². The second kappa shape index (κ2) is 4.57. The van der Waals surface area contributed by atoms with E-state index in [-0.39, 0.29) is 6.29 Å². The van der Waals surface area contributed by atoms with Crippen molar-refractivity contribution in [1.82, 2.24) is 0 Å². The van der Waals surface area contributed by atoms with Gasteiger partial charge in [-0.15, -0.1) is 0 Å². The smallest absolute Gasteiger partial charge is 0.190 e. The quantitative estimate of drug-likeness (QED) is 0.361. The predicted octanol–water partition coefficient (Wildman–Crippen LogP) is 2.54. The molecule has 0 aromatic rings. The molecule has 0 rings (SSSR count). The molecule has 0 fully saturated rings. The Bertz CT molecular complexity index is 118. The topological polar surface area (TPSA) is 18.5 Å². The van der Waals surface area contributed by atoms with Crippen molar-refractivity contribution in [1.29, 1.82) is 0 Å². The summed E-state index contributed by atoms with van der Waals surface area (Å²) in [6.07, 6.45) is 3.08. The first-order valence-electron chi connectivity index (χ1n) is 3.85. The van der Waals surface area contributed by atoms with Gasteiger partial charge in [0, 0.05) is 6.42 Å². The summed E-state index contributed by atoms with van der Waals surface area (Å²) in [5.41, 5.74) is 0. The molecule has 0 N–H and O–H groups in total. The lowest BCUT2D eigenvalue weighted by Crippen LogP contribution is -2.32. The molecule has 65 valence electrons. The minimum atomic E-state index is -1.47. The molecule has 0 aromatic heterocycles. The van der Waals surface area contributed by atoms with Crippen LogP contribution in [-0.2, 0) is 9.16 Å². The second-order valence-electron chi connectivity index (χ2n) is 3.33. The van der Waals surface area contributed by atoms with Crippen molar-refractivity contribution in [2.24, 2.45) is 0 Å². The summed E-state index contributed by atoms with van der Waals surface area (Å²) in [6.45, 7) is 11.8. The van der Waals surface area contributed by atoms with Gasteiger partial charge in [0.15, 0.2) is 20.9 Å². The Hall–Kier alpha value is -0.283. The molecule has 0 aromatic carbocycles. The van der Waals surface area contributed by atoms with Gasteiger partial charge in [-0.1, -0.05) is 13.5 Å². The van der Waals surface area contributed by atoms with Crippen molar-refractivity contribution in [3.8, 4) is 0 Å². The maximum absolute atomic E-state index is 5.64. The maximum Gasteiger partial charge on any atom is 0.190 e. The van der Waals surface area contributed by atoms with Crippen molar-refractivity contribution < 1.29 is 9.16 Å². The third kappa shape index (κ3) is 6.13. The lowest BCUT2D eigenvalue weighted by Gasteiger charge is -2.24. The molecular formula is C8H17O2Si. The van der Waals surface area contributed by atoms with Crippen molar-refractivity contribution >= 4 is 8.32 Å². The van der Waals surface area contributed by atoms with Crippen molar-refractivity contribution in [2.45, 2.75) is 39.3 Å². The van der Waals surface area contributed by atoms with E-state index < -0.39 is 8.32 Å². The Morgan fingerprint density at radius 3 is 2.27 bits per heavy atom. The molecule has 1 radical (unpaired) electrons.